The number of halogens is 4. The summed E-state index contributed by atoms with van der Waals surface area (Å²) in [6.07, 6.45) is -0.745. The van der Waals surface area contributed by atoms with Gasteiger partial charge >= 0.3 is 0 Å². The highest BCUT2D eigenvalue weighted by Gasteiger charge is 2.37. The topological polar surface area (TPSA) is 52.6 Å². The van der Waals surface area contributed by atoms with E-state index in [-0.39, 0.29) is 13.2 Å². The number of benzene rings is 1. The molecule has 118 valence electrons. The van der Waals surface area contributed by atoms with Gasteiger partial charge in [0.1, 0.15) is 6.10 Å². The molecule has 0 N–H and O–H groups in total. The molecule has 0 radical (unpaired) electrons. The SMILES string of the molecule is CC(C)S(=O)(=O)c1c(F)c(F)c(F)c(F)c1OC1COC1. The number of sulfone groups is 1. The minimum absolute atomic E-state index is 0.0151. The van der Waals surface area contributed by atoms with Crippen LogP contribution >= 0.6 is 0 Å². The molecule has 1 aliphatic heterocycles. The summed E-state index contributed by atoms with van der Waals surface area (Å²) in [6.45, 7) is 2.43. The molecule has 4 nitrogen and oxygen atoms in total. The molecule has 0 aromatic heterocycles. The van der Waals surface area contributed by atoms with Crippen molar-refractivity contribution in [2.75, 3.05) is 13.2 Å². The van der Waals surface area contributed by atoms with Gasteiger partial charge in [0.25, 0.3) is 0 Å². The van der Waals surface area contributed by atoms with Crippen LogP contribution in [0.4, 0.5) is 17.6 Å². The highest BCUT2D eigenvalue weighted by molar-refractivity contribution is 7.92. The van der Waals surface area contributed by atoms with Crippen LogP contribution in [0.25, 0.3) is 0 Å². The van der Waals surface area contributed by atoms with E-state index < -0.39 is 55.1 Å². The summed E-state index contributed by atoms with van der Waals surface area (Å²) in [7, 11) is -4.42. The summed E-state index contributed by atoms with van der Waals surface area (Å²) < 4.78 is 88.1. The van der Waals surface area contributed by atoms with Crippen LogP contribution in [0.1, 0.15) is 13.8 Å². The van der Waals surface area contributed by atoms with E-state index in [0.29, 0.717) is 0 Å². The molecule has 1 aromatic rings. The third-order valence-corrected chi connectivity index (χ3v) is 5.16. The lowest BCUT2D eigenvalue weighted by molar-refractivity contribution is -0.0824. The molecule has 2 rings (SSSR count). The van der Waals surface area contributed by atoms with Gasteiger partial charge in [-0.25, -0.2) is 21.6 Å². The molecule has 0 bridgehead atoms. The van der Waals surface area contributed by atoms with Gasteiger partial charge < -0.3 is 9.47 Å². The zero-order chi connectivity index (χ0) is 15.9. The van der Waals surface area contributed by atoms with Crippen LogP contribution < -0.4 is 4.74 Å². The van der Waals surface area contributed by atoms with Gasteiger partial charge in [0.2, 0.25) is 11.6 Å². The first-order chi connectivity index (χ1) is 9.67. The molecule has 0 spiro atoms. The monoisotopic (exact) mass is 328 g/mol. The Morgan fingerprint density at radius 2 is 1.57 bits per heavy atom. The van der Waals surface area contributed by atoms with Crippen molar-refractivity contribution in [3.63, 3.8) is 0 Å². The summed E-state index contributed by atoms with van der Waals surface area (Å²) >= 11 is 0. The van der Waals surface area contributed by atoms with Crippen LogP contribution in [0, 0.1) is 23.3 Å². The Labute approximate surface area is 118 Å². The summed E-state index contributed by atoms with van der Waals surface area (Å²) in [5, 5.41) is -1.17. The summed E-state index contributed by atoms with van der Waals surface area (Å²) in [4.78, 5) is -1.30. The molecule has 1 aliphatic rings. The van der Waals surface area contributed by atoms with Crippen LogP contribution in [0.3, 0.4) is 0 Å². The first kappa shape index (κ1) is 16.0. The molecule has 0 aliphatic carbocycles. The Kier molecular flexibility index (Phi) is 4.16. The number of rotatable bonds is 4. The predicted molar refractivity (Wildman–Crippen MR) is 63.8 cm³/mol. The van der Waals surface area contributed by atoms with Crippen molar-refractivity contribution in [3.8, 4) is 5.75 Å². The second-order valence-electron chi connectivity index (χ2n) is 4.79. The highest BCUT2D eigenvalue weighted by Crippen LogP contribution is 2.37. The average Bonchev–Trinajstić information content (AvgIpc) is 2.36. The lowest BCUT2D eigenvalue weighted by atomic mass is 10.2. The fraction of sp³-hybridized carbons (Fsp3) is 0.500. The van der Waals surface area contributed by atoms with Crippen LogP contribution in [-0.2, 0) is 14.6 Å². The van der Waals surface area contributed by atoms with Crippen molar-refractivity contribution in [1.82, 2.24) is 0 Å². The fourth-order valence-corrected chi connectivity index (χ4v) is 2.84. The lowest BCUT2D eigenvalue weighted by Crippen LogP contribution is -2.39. The maximum absolute atomic E-state index is 13.9. The third kappa shape index (κ3) is 2.59. The van der Waals surface area contributed by atoms with E-state index in [1.54, 1.807) is 0 Å². The zero-order valence-corrected chi connectivity index (χ0v) is 11.9. The second kappa shape index (κ2) is 5.45. The van der Waals surface area contributed by atoms with E-state index in [0.717, 1.165) is 0 Å². The Bertz CT molecular complexity index is 669. The highest BCUT2D eigenvalue weighted by atomic mass is 32.2. The summed E-state index contributed by atoms with van der Waals surface area (Å²) in [5.41, 5.74) is 0. The van der Waals surface area contributed by atoms with Crippen molar-refractivity contribution in [3.05, 3.63) is 23.3 Å². The normalized spacial score (nSPS) is 16.1. The van der Waals surface area contributed by atoms with E-state index in [2.05, 4.69) is 0 Å². The minimum atomic E-state index is -4.42. The second-order valence-corrected chi connectivity index (χ2v) is 7.23. The number of ether oxygens (including phenoxy) is 2. The first-order valence-electron chi connectivity index (χ1n) is 6.02. The third-order valence-electron chi connectivity index (χ3n) is 2.98. The van der Waals surface area contributed by atoms with E-state index in [1.165, 1.54) is 13.8 Å². The van der Waals surface area contributed by atoms with Gasteiger partial charge in [0.05, 0.1) is 18.5 Å². The van der Waals surface area contributed by atoms with E-state index in [9.17, 15) is 26.0 Å². The maximum atomic E-state index is 13.9. The lowest BCUT2D eigenvalue weighted by Gasteiger charge is -2.28. The molecule has 0 amide bonds. The van der Waals surface area contributed by atoms with Gasteiger partial charge in [-0.3, -0.25) is 0 Å². The standard InChI is InChI=1S/C12H12F4O4S/c1-5(2)21(17,18)12-10(16)8(14)7(13)9(15)11(12)20-6-3-19-4-6/h5-6H,3-4H2,1-2H3. The molecule has 0 atom stereocenters. The van der Waals surface area contributed by atoms with E-state index in [1.807, 2.05) is 0 Å². The molecule has 1 heterocycles. The molecule has 1 fully saturated rings. The molecule has 1 aromatic carbocycles. The Balaban J connectivity index is 2.70. The van der Waals surface area contributed by atoms with E-state index in [4.69, 9.17) is 9.47 Å². The van der Waals surface area contributed by atoms with E-state index >= 15 is 0 Å². The summed E-state index contributed by atoms with van der Waals surface area (Å²) in [5.74, 6) is -9.32. The molecule has 9 heteroatoms. The van der Waals surface area contributed by atoms with Gasteiger partial charge in [0, 0.05) is 0 Å². The molecule has 1 saturated heterocycles. The van der Waals surface area contributed by atoms with Crippen LogP contribution in [0.5, 0.6) is 5.75 Å². The largest absolute Gasteiger partial charge is 0.481 e. The Hall–Kier alpha value is -1.35. The van der Waals surface area contributed by atoms with Crippen molar-refractivity contribution in [1.29, 1.82) is 0 Å². The molecule has 21 heavy (non-hydrogen) atoms. The van der Waals surface area contributed by atoms with Crippen molar-refractivity contribution in [2.45, 2.75) is 30.1 Å². The quantitative estimate of drug-likeness (QED) is 0.368. The van der Waals surface area contributed by atoms with Gasteiger partial charge in [-0.2, -0.15) is 4.39 Å². The van der Waals surface area contributed by atoms with Gasteiger partial charge in [0.15, 0.2) is 32.1 Å². The maximum Gasteiger partial charge on any atom is 0.205 e. The number of hydrogen-bond donors (Lipinski definition) is 0. The summed E-state index contributed by atoms with van der Waals surface area (Å²) in [6, 6.07) is 0. The Morgan fingerprint density at radius 1 is 1.05 bits per heavy atom. The van der Waals surface area contributed by atoms with Gasteiger partial charge in [-0.15, -0.1) is 0 Å². The fourth-order valence-electron chi connectivity index (χ4n) is 1.64. The average molecular weight is 328 g/mol. The number of hydrogen-bond acceptors (Lipinski definition) is 4. The zero-order valence-electron chi connectivity index (χ0n) is 11.1. The molecular weight excluding hydrogens is 316 g/mol. The first-order valence-corrected chi connectivity index (χ1v) is 7.56. The molecule has 0 saturated carbocycles. The van der Waals surface area contributed by atoms with Crippen LogP contribution in [0.15, 0.2) is 4.90 Å². The van der Waals surface area contributed by atoms with Crippen LogP contribution in [-0.4, -0.2) is 33.0 Å². The predicted octanol–water partition coefficient (Wildman–Crippen LogP) is 2.20. The minimum Gasteiger partial charge on any atom is -0.481 e. The van der Waals surface area contributed by atoms with Crippen molar-refractivity contribution in [2.24, 2.45) is 0 Å². The molecule has 0 unspecified atom stereocenters. The van der Waals surface area contributed by atoms with Crippen molar-refractivity contribution < 1.29 is 35.5 Å². The smallest absolute Gasteiger partial charge is 0.205 e. The van der Waals surface area contributed by atoms with Crippen LogP contribution in [0.2, 0.25) is 0 Å². The Morgan fingerprint density at radius 3 is 2.00 bits per heavy atom. The van der Waals surface area contributed by atoms with Gasteiger partial charge in [-0.1, -0.05) is 0 Å². The van der Waals surface area contributed by atoms with Crippen molar-refractivity contribution >= 4 is 9.84 Å². The van der Waals surface area contributed by atoms with Gasteiger partial charge in [-0.05, 0) is 13.8 Å². The molecular formula is C12H12F4O4S.